The van der Waals surface area contributed by atoms with Crippen LogP contribution in [0.2, 0.25) is 10.0 Å². The van der Waals surface area contributed by atoms with Crippen molar-refractivity contribution in [3.63, 3.8) is 0 Å². The number of rotatable bonds is 9. The van der Waals surface area contributed by atoms with E-state index in [9.17, 15) is 9.59 Å². The highest BCUT2D eigenvalue weighted by atomic mass is 35.5. The maximum Gasteiger partial charge on any atom is 0.243 e. The zero-order chi connectivity index (χ0) is 25.3. The summed E-state index contributed by atoms with van der Waals surface area (Å²) in [4.78, 5) is 29.3. The Bertz CT molecular complexity index is 1130. The molecule has 3 aromatic carbocycles. The zero-order valence-electron chi connectivity index (χ0n) is 20.3. The first-order chi connectivity index (χ1) is 17.5. The fourth-order valence-electron chi connectivity index (χ4n) is 4.82. The first-order valence-electron chi connectivity index (χ1n) is 12.6. The van der Waals surface area contributed by atoms with Crippen LogP contribution in [0.3, 0.4) is 0 Å². The normalized spacial score (nSPS) is 14.7. The number of nitrogens with one attached hydrogen (secondary N) is 1. The van der Waals surface area contributed by atoms with Crippen LogP contribution < -0.4 is 5.32 Å². The predicted octanol–water partition coefficient (Wildman–Crippen LogP) is 6.62. The molecule has 0 saturated heterocycles. The topological polar surface area (TPSA) is 49.4 Å². The number of carbonyl (C=O) groups is 2. The first-order valence-corrected chi connectivity index (χ1v) is 13.4. The maximum absolute atomic E-state index is 13.8. The SMILES string of the molecule is O=C(NC1CCCCC1)[C@H](Cc1ccccc1)N(Cc1c(Cl)cccc1Cl)C(=O)Cc1ccccc1. The zero-order valence-corrected chi connectivity index (χ0v) is 21.8. The van der Waals surface area contributed by atoms with Crippen molar-refractivity contribution in [3.05, 3.63) is 106 Å². The minimum Gasteiger partial charge on any atom is -0.352 e. The lowest BCUT2D eigenvalue weighted by Gasteiger charge is -2.34. The Morgan fingerprint density at radius 2 is 1.39 bits per heavy atom. The van der Waals surface area contributed by atoms with E-state index in [4.69, 9.17) is 23.2 Å². The molecule has 1 N–H and O–H groups in total. The molecule has 4 nitrogen and oxygen atoms in total. The van der Waals surface area contributed by atoms with Crippen LogP contribution in [0.1, 0.15) is 48.8 Å². The molecule has 1 atom stereocenters. The predicted molar refractivity (Wildman–Crippen MR) is 146 cm³/mol. The van der Waals surface area contributed by atoms with Gasteiger partial charge in [-0.1, -0.05) is 109 Å². The van der Waals surface area contributed by atoms with E-state index in [0.29, 0.717) is 22.0 Å². The second-order valence-corrected chi connectivity index (χ2v) is 10.2. The van der Waals surface area contributed by atoms with Gasteiger partial charge in [-0.15, -0.1) is 0 Å². The second-order valence-electron chi connectivity index (χ2n) is 9.43. The highest BCUT2D eigenvalue weighted by molar-refractivity contribution is 6.36. The van der Waals surface area contributed by atoms with Crippen LogP contribution in [0.5, 0.6) is 0 Å². The van der Waals surface area contributed by atoms with Crippen LogP contribution in [0.25, 0.3) is 0 Å². The van der Waals surface area contributed by atoms with Gasteiger partial charge in [-0.25, -0.2) is 0 Å². The Labute approximate surface area is 223 Å². The molecule has 1 aliphatic rings. The quantitative estimate of drug-likeness (QED) is 0.343. The van der Waals surface area contributed by atoms with E-state index in [1.807, 2.05) is 60.7 Å². The lowest BCUT2D eigenvalue weighted by molar-refractivity contribution is -0.141. The number of nitrogens with zero attached hydrogens (tertiary/aromatic N) is 1. The highest BCUT2D eigenvalue weighted by Gasteiger charge is 2.32. The lowest BCUT2D eigenvalue weighted by atomic mass is 9.94. The minimum absolute atomic E-state index is 0.129. The van der Waals surface area contributed by atoms with E-state index in [-0.39, 0.29) is 30.8 Å². The summed E-state index contributed by atoms with van der Waals surface area (Å²) in [7, 11) is 0. The molecule has 3 aromatic rings. The summed E-state index contributed by atoms with van der Waals surface area (Å²) < 4.78 is 0. The van der Waals surface area contributed by atoms with E-state index in [1.54, 1.807) is 23.1 Å². The second kappa shape index (κ2) is 12.9. The van der Waals surface area contributed by atoms with E-state index >= 15 is 0 Å². The minimum atomic E-state index is -0.696. The Balaban J connectivity index is 1.68. The number of carbonyl (C=O) groups excluding carboxylic acids is 2. The Morgan fingerprint density at radius 1 is 0.806 bits per heavy atom. The third-order valence-corrected chi connectivity index (χ3v) is 7.52. The maximum atomic E-state index is 13.8. The summed E-state index contributed by atoms with van der Waals surface area (Å²) in [5.41, 5.74) is 2.53. The molecule has 1 saturated carbocycles. The van der Waals surface area contributed by atoms with E-state index in [1.165, 1.54) is 6.42 Å². The number of hydrogen-bond donors (Lipinski definition) is 1. The van der Waals surface area contributed by atoms with Crippen LogP contribution >= 0.6 is 23.2 Å². The average molecular weight is 524 g/mol. The number of hydrogen-bond acceptors (Lipinski definition) is 2. The Hall–Kier alpha value is -2.82. The first kappa shape index (κ1) is 26.2. The van der Waals surface area contributed by atoms with Gasteiger partial charge in [-0.3, -0.25) is 9.59 Å². The standard InChI is InChI=1S/C30H32Cl2N2O2/c31-26-17-10-18-27(32)25(26)21-34(29(35)20-23-13-6-2-7-14-23)28(19-22-11-4-1-5-12-22)30(36)33-24-15-8-3-9-16-24/h1-2,4-7,10-14,17-18,24,28H,3,8-9,15-16,19-21H2,(H,33,36)/t28-/m0/s1. The molecule has 0 radical (unpaired) electrons. The van der Waals surface area contributed by atoms with Gasteiger partial charge in [-0.05, 0) is 36.1 Å². The van der Waals surface area contributed by atoms with Gasteiger partial charge in [0.15, 0.2) is 0 Å². The van der Waals surface area contributed by atoms with Gasteiger partial charge >= 0.3 is 0 Å². The monoisotopic (exact) mass is 522 g/mol. The molecule has 0 aromatic heterocycles. The van der Waals surface area contributed by atoms with Gasteiger partial charge < -0.3 is 10.2 Å². The Morgan fingerprint density at radius 3 is 2.00 bits per heavy atom. The van der Waals surface area contributed by atoms with Crippen molar-refractivity contribution in [2.45, 2.75) is 63.6 Å². The molecule has 1 fully saturated rings. The number of halogens is 2. The van der Waals surface area contributed by atoms with Crippen molar-refractivity contribution in [1.82, 2.24) is 10.2 Å². The summed E-state index contributed by atoms with van der Waals surface area (Å²) in [5.74, 6) is -0.271. The van der Waals surface area contributed by atoms with E-state index in [2.05, 4.69) is 5.32 Å². The fraction of sp³-hybridized carbons (Fsp3) is 0.333. The highest BCUT2D eigenvalue weighted by Crippen LogP contribution is 2.28. The third-order valence-electron chi connectivity index (χ3n) is 6.81. The van der Waals surface area contributed by atoms with Crippen molar-refractivity contribution < 1.29 is 9.59 Å². The van der Waals surface area contributed by atoms with Crippen LogP contribution in [-0.4, -0.2) is 28.8 Å². The van der Waals surface area contributed by atoms with Crippen LogP contribution in [0.15, 0.2) is 78.9 Å². The molecule has 1 aliphatic carbocycles. The van der Waals surface area contributed by atoms with Crippen molar-refractivity contribution in [2.24, 2.45) is 0 Å². The molecule has 188 valence electrons. The van der Waals surface area contributed by atoms with Gasteiger partial charge in [0.2, 0.25) is 11.8 Å². The van der Waals surface area contributed by atoms with Gasteiger partial charge in [0.25, 0.3) is 0 Å². The van der Waals surface area contributed by atoms with Crippen LogP contribution in [0.4, 0.5) is 0 Å². The Kier molecular flexibility index (Phi) is 9.43. The largest absolute Gasteiger partial charge is 0.352 e. The van der Waals surface area contributed by atoms with Gasteiger partial charge in [0.05, 0.1) is 6.42 Å². The fourth-order valence-corrected chi connectivity index (χ4v) is 5.34. The summed E-state index contributed by atoms with van der Waals surface area (Å²) >= 11 is 13.0. The molecular weight excluding hydrogens is 491 g/mol. The van der Waals surface area contributed by atoms with Gasteiger partial charge in [0.1, 0.15) is 6.04 Å². The van der Waals surface area contributed by atoms with Crippen molar-refractivity contribution in [3.8, 4) is 0 Å². The van der Waals surface area contributed by atoms with E-state index in [0.717, 1.165) is 36.8 Å². The smallest absolute Gasteiger partial charge is 0.243 e. The van der Waals surface area contributed by atoms with Crippen molar-refractivity contribution in [2.75, 3.05) is 0 Å². The molecule has 6 heteroatoms. The van der Waals surface area contributed by atoms with Crippen LogP contribution in [0, 0.1) is 0 Å². The third kappa shape index (κ3) is 7.11. The van der Waals surface area contributed by atoms with Gasteiger partial charge in [-0.2, -0.15) is 0 Å². The van der Waals surface area contributed by atoms with Crippen molar-refractivity contribution in [1.29, 1.82) is 0 Å². The van der Waals surface area contributed by atoms with Gasteiger partial charge in [0, 0.05) is 34.6 Å². The van der Waals surface area contributed by atoms with Crippen molar-refractivity contribution >= 4 is 35.0 Å². The molecule has 0 aliphatic heterocycles. The molecular formula is C30H32Cl2N2O2. The molecule has 0 spiro atoms. The van der Waals surface area contributed by atoms with E-state index < -0.39 is 6.04 Å². The summed E-state index contributed by atoms with van der Waals surface area (Å²) in [6.07, 6.45) is 5.95. The molecule has 0 bridgehead atoms. The molecule has 0 unspecified atom stereocenters. The lowest BCUT2D eigenvalue weighted by Crippen LogP contribution is -2.53. The molecule has 2 amide bonds. The molecule has 4 rings (SSSR count). The average Bonchev–Trinajstić information content (AvgIpc) is 2.89. The summed E-state index contributed by atoms with van der Waals surface area (Å²) in [6.45, 7) is 0.153. The number of benzene rings is 3. The summed E-state index contributed by atoms with van der Waals surface area (Å²) in [5, 5.41) is 4.21. The molecule has 0 heterocycles. The summed E-state index contributed by atoms with van der Waals surface area (Å²) in [6, 6.07) is 24.2. The number of amides is 2. The molecule has 36 heavy (non-hydrogen) atoms. The van der Waals surface area contributed by atoms with Crippen LogP contribution in [-0.2, 0) is 29.0 Å².